The van der Waals surface area contributed by atoms with Crippen molar-refractivity contribution in [3.8, 4) is 0 Å². The lowest BCUT2D eigenvalue weighted by molar-refractivity contribution is 0.451. The smallest absolute Gasteiger partial charge is 0.387 e. The fourth-order valence-corrected chi connectivity index (χ4v) is 4.61. The lowest BCUT2D eigenvalue weighted by Gasteiger charge is -2.21. The molecular formula is C25H35O3P. The van der Waals surface area contributed by atoms with Crippen molar-refractivity contribution in [1.29, 1.82) is 0 Å². The van der Waals surface area contributed by atoms with Crippen LogP contribution in [0.1, 0.15) is 89.5 Å². The number of hydrogen-bond donors (Lipinski definition) is 0. The largest absolute Gasteiger partial charge is 0.399 e. The molecule has 0 aliphatic heterocycles. The van der Waals surface area contributed by atoms with Gasteiger partial charge in [0.2, 0.25) is 0 Å². The van der Waals surface area contributed by atoms with Gasteiger partial charge in [0.05, 0.1) is 7.11 Å². The first-order chi connectivity index (χ1) is 13.6. The Morgan fingerprint density at radius 2 is 1.52 bits per heavy atom. The van der Waals surface area contributed by atoms with Crippen LogP contribution in [0.15, 0.2) is 32.7 Å². The number of aryl methyl sites for hydroxylation is 1. The molecule has 0 aliphatic rings. The molecule has 0 N–H and O–H groups in total. The van der Waals surface area contributed by atoms with Gasteiger partial charge in [-0.25, -0.2) is 0 Å². The molecule has 1 heterocycles. The molecule has 0 radical (unpaired) electrons. The third-order valence-electron chi connectivity index (χ3n) is 5.56. The maximum Gasteiger partial charge on any atom is 0.387 e. The molecule has 29 heavy (non-hydrogen) atoms. The van der Waals surface area contributed by atoms with Gasteiger partial charge in [-0.3, -0.25) is 4.52 Å². The quantitative estimate of drug-likeness (QED) is 0.429. The molecule has 158 valence electrons. The molecule has 4 heteroatoms. The number of benzene rings is 2. The van der Waals surface area contributed by atoms with Crippen molar-refractivity contribution in [2.24, 2.45) is 0 Å². The van der Waals surface area contributed by atoms with E-state index in [2.05, 4.69) is 79.7 Å². The predicted octanol–water partition coefficient (Wildman–Crippen LogP) is 8.46. The van der Waals surface area contributed by atoms with Gasteiger partial charge in [-0.05, 0) is 52.5 Å². The number of rotatable bonds is 4. The van der Waals surface area contributed by atoms with E-state index < -0.39 is 8.24 Å². The number of hydrogen-bond acceptors (Lipinski definition) is 3. The van der Waals surface area contributed by atoms with Gasteiger partial charge < -0.3 is 8.39 Å². The molecule has 0 spiro atoms. The molecule has 0 saturated heterocycles. The molecule has 1 unspecified atom stereocenters. The molecule has 3 nitrogen and oxygen atoms in total. The Labute approximate surface area is 176 Å². The molecule has 1 atom stereocenters. The molecule has 3 aromatic rings. The highest BCUT2D eigenvalue weighted by atomic mass is 31.1. The molecule has 0 aliphatic carbocycles. The van der Waals surface area contributed by atoms with Crippen molar-refractivity contribution in [2.45, 2.75) is 79.1 Å². The van der Waals surface area contributed by atoms with Gasteiger partial charge in [0.25, 0.3) is 0 Å². The van der Waals surface area contributed by atoms with Crippen LogP contribution in [-0.4, -0.2) is 7.11 Å². The monoisotopic (exact) mass is 414 g/mol. The van der Waals surface area contributed by atoms with Crippen LogP contribution in [-0.2, 0) is 11.8 Å². The Morgan fingerprint density at radius 3 is 2.03 bits per heavy atom. The minimum atomic E-state index is -1.51. The summed E-state index contributed by atoms with van der Waals surface area (Å²) in [5, 5.41) is 2.24. The summed E-state index contributed by atoms with van der Waals surface area (Å²) in [6.45, 7) is 17.8. The zero-order chi connectivity index (χ0) is 21.5. The molecule has 3 rings (SSSR count). The summed E-state index contributed by atoms with van der Waals surface area (Å²) < 4.78 is 18.4. The van der Waals surface area contributed by atoms with E-state index >= 15 is 0 Å². The molecule has 0 fully saturated rings. The van der Waals surface area contributed by atoms with E-state index in [0.29, 0.717) is 11.8 Å². The van der Waals surface area contributed by atoms with E-state index in [4.69, 9.17) is 12.9 Å². The van der Waals surface area contributed by atoms with Crippen LogP contribution < -0.4 is 4.52 Å². The first kappa shape index (κ1) is 22.0. The third kappa shape index (κ3) is 4.27. The lowest BCUT2D eigenvalue weighted by Crippen LogP contribution is -2.12. The Balaban J connectivity index is 2.67. The summed E-state index contributed by atoms with van der Waals surface area (Å²) in [7, 11) is 0.145. The van der Waals surface area contributed by atoms with Crippen LogP contribution in [0, 0.1) is 0 Å². The summed E-state index contributed by atoms with van der Waals surface area (Å²) >= 11 is 0. The van der Waals surface area contributed by atoms with E-state index in [0.717, 1.165) is 28.4 Å². The lowest BCUT2D eigenvalue weighted by atomic mass is 9.83. The van der Waals surface area contributed by atoms with Crippen LogP contribution in [0.5, 0.6) is 0 Å². The van der Waals surface area contributed by atoms with Gasteiger partial charge in [0, 0.05) is 16.3 Å². The zero-order valence-electron chi connectivity index (χ0n) is 19.3. The Bertz CT molecular complexity index is 1070. The second-order valence-electron chi connectivity index (χ2n) is 9.51. The summed E-state index contributed by atoms with van der Waals surface area (Å²) in [5.41, 5.74) is 6.81. The average molecular weight is 415 g/mol. The minimum Gasteiger partial charge on any atom is -0.399 e. The van der Waals surface area contributed by atoms with Gasteiger partial charge in [0.15, 0.2) is 0 Å². The van der Waals surface area contributed by atoms with Crippen molar-refractivity contribution >= 4 is 30.2 Å². The van der Waals surface area contributed by atoms with Gasteiger partial charge in [-0.1, -0.05) is 67.5 Å². The minimum absolute atomic E-state index is 0.0505. The van der Waals surface area contributed by atoms with Gasteiger partial charge >= 0.3 is 8.24 Å². The van der Waals surface area contributed by atoms with Crippen molar-refractivity contribution in [3.63, 3.8) is 0 Å². The normalized spacial score (nSPS) is 13.1. The van der Waals surface area contributed by atoms with Crippen LogP contribution in [0.4, 0.5) is 0 Å². The summed E-state index contributed by atoms with van der Waals surface area (Å²) in [6.07, 6.45) is 0.979. The fourth-order valence-electron chi connectivity index (χ4n) is 3.73. The van der Waals surface area contributed by atoms with Crippen molar-refractivity contribution < 1.29 is 12.9 Å². The van der Waals surface area contributed by atoms with Gasteiger partial charge in [-0.2, -0.15) is 0 Å². The van der Waals surface area contributed by atoms with Crippen LogP contribution >= 0.6 is 8.24 Å². The fraction of sp³-hybridized carbons (Fsp3) is 0.520. The van der Waals surface area contributed by atoms with E-state index in [1.54, 1.807) is 7.11 Å². The van der Waals surface area contributed by atoms with E-state index in [1.807, 2.05) is 0 Å². The summed E-state index contributed by atoms with van der Waals surface area (Å²) in [4.78, 5) is 0. The second-order valence-corrected chi connectivity index (χ2v) is 10.7. The van der Waals surface area contributed by atoms with E-state index in [1.165, 1.54) is 22.3 Å². The maximum absolute atomic E-state index is 6.40. The van der Waals surface area contributed by atoms with Crippen molar-refractivity contribution in [3.05, 3.63) is 46.5 Å². The average Bonchev–Trinajstić information content (AvgIpc) is 2.81. The van der Waals surface area contributed by atoms with Crippen LogP contribution in [0.2, 0.25) is 0 Å². The summed E-state index contributed by atoms with van der Waals surface area (Å²) in [6, 6.07) is 9.13. The molecule has 0 amide bonds. The highest BCUT2D eigenvalue weighted by molar-refractivity contribution is 7.31. The number of fused-ring (bicyclic) bond motifs is 3. The topological polar surface area (TPSA) is 35.5 Å². The predicted molar refractivity (Wildman–Crippen MR) is 125 cm³/mol. The highest BCUT2D eigenvalue weighted by Gasteiger charge is 2.23. The van der Waals surface area contributed by atoms with Crippen LogP contribution in [0.25, 0.3) is 21.9 Å². The Kier molecular flexibility index (Phi) is 6.22. The van der Waals surface area contributed by atoms with Gasteiger partial charge in [0.1, 0.15) is 11.2 Å². The molecular weight excluding hydrogens is 379 g/mol. The second kappa shape index (κ2) is 8.20. The van der Waals surface area contributed by atoms with E-state index in [9.17, 15) is 0 Å². The first-order valence-electron chi connectivity index (χ1n) is 10.6. The highest BCUT2D eigenvalue weighted by Crippen LogP contribution is 2.42. The molecule has 0 bridgehead atoms. The zero-order valence-corrected chi connectivity index (χ0v) is 20.2. The third-order valence-corrected chi connectivity index (χ3v) is 6.53. The van der Waals surface area contributed by atoms with Gasteiger partial charge in [-0.15, -0.1) is 0 Å². The Morgan fingerprint density at radius 1 is 0.897 bits per heavy atom. The SMILES string of the molecule is CCc1cc(C(C)(C)C)c2op(OC)oc3c(C(C)C)cc(C(C)C)cc3c2c1. The first-order valence-corrected chi connectivity index (χ1v) is 11.7. The summed E-state index contributed by atoms with van der Waals surface area (Å²) in [5.74, 6) is 0.778. The standard InChI is InChI=1S/C25H35O3P/c1-10-17-11-20-21-14-18(15(2)3)13-19(16(4)5)23(21)27-29(26-9)28-24(20)22(12-17)25(6,7)8/h11-16H,10H2,1-9H3. The molecule has 1 aromatic heterocycles. The van der Waals surface area contributed by atoms with Crippen molar-refractivity contribution in [1.82, 2.24) is 0 Å². The maximum atomic E-state index is 6.40. The molecule has 0 saturated carbocycles. The van der Waals surface area contributed by atoms with E-state index in [-0.39, 0.29) is 5.41 Å². The van der Waals surface area contributed by atoms with Crippen molar-refractivity contribution in [2.75, 3.05) is 7.11 Å². The van der Waals surface area contributed by atoms with Crippen LogP contribution in [0.3, 0.4) is 0 Å². The molecule has 2 aromatic carbocycles. The Hall–Kier alpha value is -1.70.